The highest BCUT2D eigenvalue weighted by molar-refractivity contribution is 6.41. The number of imide groups is 1. The maximum absolute atomic E-state index is 10.6. The van der Waals surface area contributed by atoms with Gasteiger partial charge in [0.1, 0.15) is 6.54 Å². The van der Waals surface area contributed by atoms with E-state index in [0.717, 1.165) is 0 Å². The monoisotopic (exact) mass is 141 g/mol. The molecule has 52 valence electrons. The zero-order valence-electron chi connectivity index (χ0n) is 4.97. The summed E-state index contributed by atoms with van der Waals surface area (Å²) in [5, 5.41) is 4.23. The first-order chi connectivity index (χ1) is 4.74. The zero-order valence-corrected chi connectivity index (χ0v) is 4.97. The maximum atomic E-state index is 10.6. The van der Waals surface area contributed by atoms with Gasteiger partial charge in [-0.2, -0.15) is 0 Å². The molecule has 10 heavy (non-hydrogen) atoms. The van der Waals surface area contributed by atoms with Crippen LogP contribution in [-0.2, 0) is 4.79 Å². The van der Waals surface area contributed by atoms with Gasteiger partial charge in [-0.3, -0.25) is 10.1 Å². The molecule has 0 aliphatic carbocycles. The van der Waals surface area contributed by atoms with Gasteiger partial charge < -0.3 is 5.32 Å². The van der Waals surface area contributed by atoms with Crippen LogP contribution in [0.25, 0.3) is 0 Å². The Morgan fingerprint density at radius 3 is 2.70 bits per heavy atom. The van der Waals surface area contributed by atoms with Gasteiger partial charge in [0.25, 0.3) is 0 Å². The van der Waals surface area contributed by atoms with E-state index in [-0.39, 0.29) is 12.3 Å². The van der Waals surface area contributed by atoms with Crippen LogP contribution in [-0.4, -0.2) is 29.0 Å². The summed E-state index contributed by atoms with van der Waals surface area (Å²) in [5.41, 5.74) is 6.48. The highest BCUT2D eigenvalue weighted by Gasteiger charge is 2.29. The number of carbonyl (C=O) groups excluding carboxylic acids is 2. The van der Waals surface area contributed by atoms with E-state index in [1.807, 2.05) is 5.32 Å². The Kier molecular flexibility index (Phi) is 1.47. The molecule has 6 nitrogen and oxygen atoms in total. The molecule has 1 aliphatic rings. The summed E-state index contributed by atoms with van der Waals surface area (Å²) in [6.45, 7) is 0.0359. The van der Waals surface area contributed by atoms with Gasteiger partial charge in [0.2, 0.25) is 0 Å². The van der Waals surface area contributed by atoms with E-state index in [4.69, 9.17) is 5.53 Å². The van der Waals surface area contributed by atoms with Crippen LogP contribution in [0.15, 0.2) is 0 Å². The number of rotatable bonds is 0. The lowest BCUT2D eigenvalue weighted by Gasteiger charge is -2.05. The number of hydrogen-bond donors (Lipinski definition) is 3. The Labute approximate surface area is 55.8 Å². The van der Waals surface area contributed by atoms with Gasteiger partial charge >= 0.3 is 17.6 Å². The van der Waals surface area contributed by atoms with Gasteiger partial charge in [0.15, 0.2) is 0 Å². The lowest BCUT2D eigenvalue weighted by molar-refractivity contribution is -0.138. The number of nitrogens with one attached hydrogen (secondary N) is 3. The average Bonchev–Trinajstić information content (AvgIpc) is 1.88. The number of nitrogens with zero attached hydrogens (tertiary/aromatic N) is 1. The smallest absolute Gasteiger partial charge is 0.326 e. The Morgan fingerprint density at radius 1 is 1.50 bits per heavy atom. The van der Waals surface area contributed by atoms with Crippen LogP contribution in [0, 0.1) is 5.53 Å². The molecule has 3 amide bonds. The molecule has 3 N–H and O–H groups in total. The van der Waals surface area contributed by atoms with E-state index in [1.165, 1.54) is 0 Å². The molecule has 0 radical (unpaired) electrons. The van der Waals surface area contributed by atoms with E-state index in [0.29, 0.717) is 0 Å². The van der Waals surface area contributed by atoms with Crippen molar-refractivity contribution in [3.63, 3.8) is 0 Å². The van der Waals surface area contributed by atoms with E-state index >= 15 is 0 Å². The van der Waals surface area contributed by atoms with Crippen molar-refractivity contribution in [1.82, 2.24) is 10.6 Å². The summed E-state index contributed by atoms with van der Waals surface area (Å²) >= 11 is 0. The quantitative estimate of drug-likeness (QED) is 0.283. The molecule has 1 heterocycles. The van der Waals surface area contributed by atoms with Crippen LogP contribution < -0.4 is 10.6 Å². The third-order valence-electron chi connectivity index (χ3n) is 1.04. The standard InChI is InChI=1S/C4H4N4O2/c5-8-2-1-6-4(10)7-3(2)9/h5H,1H2,(H-,6,7,9,10)/p+1. The van der Waals surface area contributed by atoms with Gasteiger partial charge in [-0.1, -0.05) is 0 Å². The van der Waals surface area contributed by atoms with Crippen molar-refractivity contribution < 1.29 is 14.4 Å². The predicted octanol–water partition coefficient (Wildman–Crippen LogP) is -1.49. The molecule has 0 unspecified atom stereocenters. The largest absolute Gasteiger partial charge is 0.424 e. The lowest BCUT2D eigenvalue weighted by Crippen LogP contribution is -2.53. The van der Waals surface area contributed by atoms with Crippen LogP contribution in [0.3, 0.4) is 0 Å². The van der Waals surface area contributed by atoms with Gasteiger partial charge in [-0.05, 0) is 0 Å². The molecule has 1 rings (SSSR count). The molecule has 0 aromatic rings. The molecule has 6 heteroatoms. The van der Waals surface area contributed by atoms with E-state index < -0.39 is 11.9 Å². The molecule has 0 spiro atoms. The van der Waals surface area contributed by atoms with E-state index in [2.05, 4.69) is 10.1 Å². The second-order valence-corrected chi connectivity index (χ2v) is 1.70. The minimum Gasteiger partial charge on any atom is -0.326 e. The first-order valence-corrected chi connectivity index (χ1v) is 2.56. The fourth-order valence-corrected chi connectivity index (χ4v) is 0.554. The van der Waals surface area contributed by atoms with Crippen molar-refractivity contribution in [3.05, 3.63) is 0 Å². The summed E-state index contributed by atoms with van der Waals surface area (Å²) in [6.07, 6.45) is 0. The van der Waals surface area contributed by atoms with Crippen LogP contribution in [0.4, 0.5) is 4.79 Å². The van der Waals surface area contributed by atoms with Gasteiger partial charge in [-0.15, -0.1) is 0 Å². The third-order valence-corrected chi connectivity index (χ3v) is 1.04. The van der Waals surface area contributed by atoms with Crippen molar-refractivity contribution in [2.75, 3.05) is 6.54 Å². The van der Waals surface area contributed by atoms with Crippen molar-refractivity contribution in [2.24, 2.45) is 0 Å². The Hall–Kier alpha value is -1.68. The van der Waals surface area contributed by atoms with Crippen LogP contribution >= 0.6 is 0 Å². The molecule has 0 aromatic carbocycles. The molecule has 1 aliphatic heterocycles. The minimum absolute atomic E-state index is 0.0135. The second kappa shape index (κ2) is 2.28. The molecule has 1 fully saturated rings. The van der Waals surface area contributed by atoms with Crippen LogP contribution in [0.1, 0.15) is 0 Å². The van der Waals surface area contributed by atoms with Gasteiger partial charge in [-0.25, -0.2) is 4.79 Å². The number of hydrogen-bond acceptors (Lipinski definition) is 3. The summed E-state index contributed by atoms with van der Waals surface area (Å²) in [7, 11) is 0. The summed E-state index contributed by atoms with van der Waals surface area (Å²) in [4.78, 5) is 23.9. The third kappa shape index (κ3) is 1.01. The molecule has 0 saturated carbocycles. The SMILES string of the molecule is N=[N+]=C1CNC(=O)NC1=O. The minimum atomic E-state index is -0.598. The van der Waals surface area contributed by atoms with Crippen LogP contribution in [0.5, 0.6) is 0 Å². The molecule has 0 bridgehead atoms. The van der Waals surface area contributed by atoms with Crippen LogP contribution in [0.2, 0.25) is 0 Å². The van der Waals surface area contributed by atoms with Gasteiger partial charge in [0.05, 0.1) is 10.3 Å². The number of carbonyl (C=O) groups is 2. The normalized spacial score (nSPS) is 17.4. The topological polar surface area (TPSA) is 96.2 Å². The first kappa shape index (κ1) is 6.44. The van der Waals surface area contributed by atoms with Crippen molar-refractivity contribution in [3.8, 4) is 0 Å². The predicted molar refractivity (Wildman–Crippen MR) is 29.5 cm³/mol. The average molecular weight is 141 g/mol. The van der Waals surface area contributed by atoms with E-state index in [9.17, 15) is 9.59 Å². The molecule has 1 saturated heterocycles. The fraction of sp³-hybridized carbons (Fsp3) is 0.250. The number of urea groups is 1. The maximum Gasteiger partial charge on any atom is 0.424 e. The highest BCUT2D eigenvalue weighted by atomic mass is 16.2. The summed E-state index contributed by atoms with van der Waals surface area (Å²) in [6, 6.07) is -0.544. The first-order valence-electron chi connectivity index (χ1n) is 2.56. The Bertz CT molecular complexity index is 240. The lowest BCUT2D eigenvalue weighted by atomic mass is 10.3. The zero-order chi connectivity index (χ0) is 7.56. The van der Waals surface area contributed by atoms with Crippen molar-refractivity contribution in [2.45, 2.75) is 0 Å². The molecular formula is C4H5N4O2+. The summed E-state index contributed by atoms with van der Waals surface area (Å²) < 4.78 is 0. The Morgan fingerprint density at radius 2 is 2.20 bits per heavy atom. The van der Waals surface area contributed by atoms with Gasteiger partial charge in [0, 0.05) is 0 Å². The second-order valence-electron chi connectivity index (χ2n) is 1.70. The van der Waals surface area contributed by atoms with Crippen molar-refractivity contribution in [1.29, 1.82) is 5.53 Å². The fourth-order valence-electron chi connectivity index (χ4n) is 0.554. The summed E-state index contributed by atoms with van der Waals surface area (Å²) in [5.74, 6) is -0.598. The number of amides is 3. The van der Waals surface area contributed by atoms with Crippen molar-refractivity contribution >= 4 is 17.6 Å². The van der Waals surface area contributed by atoms with E-state index in [1.54, 1.807) is 0 Å². The molecule has 0 atom stereocenters. The molecular weight excluding hydrogens is 136 g/mol. The Balaban J connectivity index is 2.79. The highest BCUT2D eigenvalue weighted by Crippen LogP contribution is 1.79. The molecule has 0 aromatic heterocycles.